The maximum Gasteiger partial charge on any atom is 0.194 e. The van der Waals surface area contributed by atoms with E-state index in [1.54, 1.807) is 0 Å². The predicted molar refractivity (Wildman–Crippen MR) is 106 cm³/mol. The summed E-state index contributed by atoms with van der Waals surface area (Å²) >= 11 is 0. The number of carbonyl (C=O) groups excluding carboxylic acids is 1. The maximum atomic E-state index is 12.8. The Balaban J connectivity index is 1.60. The standard InChI is InChI=1S/C25H16O/c26-25-23-12-5-4-11-21(23)22-14-13-20(16-24(22)25)19-10-6-9-18(15-19)17-7-2-1-3-8-17/h1-16H. The Morgan fingerprint density at radius 3 is 1.77 bits per heavy atom. The number of benzene rings is 4. The van der Waals surface area contributed by atoms with Crippen LogP contribution in [0, 0.1) is 0 Å². The molecule has 26 heavy (non-hydrogen) atoms. The zero-order valence-corrected chi connectivity index (χ0v) is 14.1. The van der Waals surface area contributed by atoms with E-state index >= 15 is 0 Å². The lowest BCUT2D eigenvalue weighted by Crippen LogP contribution is -1.95. The molecule has 0 N–H and O–H groups in total. The van der Waals surface area contributed by atoms with Gasteiger partial charge >= 0.3 is 0 Å². The molecule has 0 bridgehead atoms. The Labute approximate surface area is 152 Å². The molecule has 0 fully saturated rings. The van der Waals surface area contributed by atoms with Gasteiger partial charge in [-0.3, -0.25) is 4.79 Å². The largest absolute Gasteiger partial charge is 0.289 e. The minimum absolute atomic E-state index is 0.122. The average Bonchev–Trinajstić information content (AvgIpc) is 3.01. The van der Waals surface area contributed by atoms with Crippen LogP contribution in [0.1, 0.15) is 15.9 Å². The third kappa shape index (κ3) is 2.29. The molecule has 0 atom stereocenters. The van der Waals surface area contributed by atoms with Gasteiger partial charge in [-0.1, -0.05) is 84.9 Å². The monoisotopic (exact) mass is 332 g/mol. The number of carbonyl (C=O) groups is 1. The van der Waals surface area contributed by atoms with Crippen LogP contribution in [0.5, 0.6) is 0 Å². The first-order chi connectivity index (χ1) is 12.8. The number of hydrogen-bond acceptors (Lipinski definition) is 1. The van der Waals surface area contributed by atoms with Gasteiger partial charge in [0.25, 0.3) is 0 Å². The van der Waals surface area contributed by atoms with E-state index in [2.05, 4.69) is 48.5 Å². The Morgan fingerprint density at radius 2 is 0.962 bits per heavy atom. The van der Waals surface area contributed by atoms with E-state index in [0.717, 1.165) is 33.4 Å². The summed E-state index contributed by atoms with van der Waals surface area (Å²) in [5.41, 5.74) is 8.25. The lowest BCUT2D eigenvalue weighted by Gasteiger charge is -2.08. The second-order valence-corrected chi connectivity index (χ2v) is 6.58. The SMILES string of the molecule is O=C1c2ccccc2-c2ccc(-c3cccc(-c4ccccc4)c3)cc21. The van der Waals surface area contributed by atoms with Crippen molar-refractivity contribution in [2.75, 3.05) is 0 Å². The zero-order chi connectivity index (χ0) is 17.5. The first kappa shape index (κ1) is 14.9. The summed E-state index contributed by atoms with van der Waals surface area (Å²) in [5, 5.41) is 0. The number of fused-ring (bicyclic) bond motifs is 3. The van der Waals surface area contributed by atoms with Crippen molar-refractivity contribution in [1.82, 2.24) is 0 Å². The van der Waals surface area contributed by atoms with E-state index < -0.39 is 0 Å². The summed E-state index contributed by atoms with van der Waals surface area (Å²) in [5.74, 6) is 0.122. The Kier molecular flexibility index (Phi) is 3.32. The highest BCUT2D eigenvalue weighted by atomic mass is 16.1. The van der Waals surface area contributed by atoms with Crippen LogP contribution >= 0.6 is 0 Å². The van der Waals surface area contributed by atoms with Crippen molar-refractivity contribution in [3.63, 3.8) is 0 Å². The highest BCUT2D eigenvalue weighted by Gasteiger charge is 2.26. The Morgan fingerprint density at radius 1 is 0.385 bits per heavy atom. The zero-order valence-electron chi connectivity index (χ0n) is 14.1. The normalized spacial score (nSPS) is 11.9. The molecule has 0 heterocycles. The van der Waals surface area contributed by atoms with Gasteiger partial charge < -0.3 is 0 Å². The van der Waals surface area contributed by atoms with E-state index in [-0.39, 0.29) is 5.78 Å². The summed E-state index contributed by atoms with van der Waals surface area (Å²) in [7, 11) is 0. The van der Waals surface area contributed by atoms with Crippen LogP contribution in [-0.2, 0) is 0 Å². The van der Waals surface area contributed by atoms with Gasteiger partial charge in [0.15, 0.2) is 5.78 Å². The van der Waals surface area contributed by atoms with Crippen molar-refractivity contribution >= 4 is 5.78 Å². The maximum absolute atomic E-state index is 12.8. The molecule has 4 aromatic rings. The molecule has 0 saturated carbocycles. The summed E-state index contributed by atoms with van der Waals surface area (Å²) in [6.45, 7) is 0. The molecular weight excluding hydrogens is 316 g/mol. The summed E-state index contributed by atoms with van der Waals surface area (Å²) in [6, 6.07) is 32.9. The number of ketones is 1. The lowest BCUT2D eigenvalue weighted by molar-refractivity contribution is 0.104. The second-order valence-electron chi connectivity index (χ2n) is 6.58. The third-order valence-electron chi connectivity index (χ3n) is 5.03. The van der Waals surface area contributed by atoms with E-state index in [1.807, 2.05) is 48.5 Å². The minimum Gasteiger partial charge on any atom is -0.289 e. The van der Waals surface area contributed by atoms with Gasteiger partial charge in [-0.25, -0.2) is 0 Å². The van der Waals surface area contributed by atoms with Gasteiger partial charge in [0.2, 0.25) is 0 Å². The molecule has 0 saturated heterocycles. The highest BCUT2D eigenvalue weighted by Crippen LogP contribution is 2.38. The van der Waals surface area contributed by atoms with E-state index in [9.17, 15) is 4.79 Å². The van der Waals surface area contributed by atoms with E-state index in [0.29, 0.717) is 0 Å². The molecule has 1 heteroatoms. The quantitative estimate of drug-likeness (QED) is 0.374. The summed E-state index contributed by atoms with van der Waals surface area (Å²) in [6.07, 6.45) is 0. The van der Waals surface area contributed by atoms with Crippen LogP contribution in [0.2, 0.25) is 0 Å². The van der Waals surface area contributed by atoms with Gasteiger partial charge in [-0.05, 0) is 45.5 Å². The molecule has 122 valence electrons. The van der Waals surface area contributed by atoms with E-state index in [1.165, 1.54) is 11.1 Å². The second kappa shape index (κ2) is 5.82. The van der Waals surface area contributed by atoms with Gasteiger partial charge in [0, 0.05) is 11.1 Å². The Bertz CT molecular complexity index is 1140. The van der Waals surface area contributed by atoms with Crippen molar-refractivity contribution in [1.29, 1.82) is 0 Å². The van der Waals surface area contributed by atoms with Crippen molar-refractivity contribution in [3.8, 4) is 33.4 Å². The number of hydrogen-bond donors (Lipinski definition) is 0. The molecule has 1 aliphatic carbocycles. The summed E-state index contributed by atoms with van der Waals surface area (Å²) in [4.78, 5) is 12.8. The van der Waals surface area contributed by atoms with Crippen LogP contribution < -0.4 is 0 Å². The average molecular weight is 332 g/mol. The van der Waals surface area contributed by atoms with Crippen molar-refractivity contribution < 1.29 is 4.79 Å². The van der Waals surface area contributed by atoms with Gasteiger partial charge in [0.1, 0.15) is 0 Å². The van der Waals surface area contributed by atoms with Crippen LogP contribution in [0.25, 0.3) is 33.4 Å². The van der Waals surface area contributed by atoms with Crippen molar-refractivity contribution in [2.45, 2.75) is 0 Å². The molecule has 0 radical (unpaired) electrons. The fourth-order valence-corrected chi connectivity index (χ4v) is 3.72. The van der Waals surface area contributed by atoms with Gasteiger partial charge in [-0.15, -0.1) is 0 Å². The smallest absolute Gasteiger partial charge is 0.194 e. The fraction of sp³-hybridized carbons (Fsp3) is 0. The van der Waals surface area contributed by atoms with Crippen LogP contribution in [0.4, 0.5) is 0 Å². The molecule has 0 aromatic heterocycles. The predicted octanol–water partition coefficient (Wildman–Crippen LogP) is 6.23. The van der Waals surface area contributed by atoms with Crippen LogP contribution in [0.15, 0.2) is 97.1 Å². The van der Waals surface area contributed by atoms with Gasteiger partial charge in [0.05, 0.1) is 0 Å². The molecule has 0 amide bonds. The third-order valence-corrected chi connectivity index (χ3v) is 5.03. The Hall–Kier alpha value is -3.45. The fourth-order valence-electron chi connectivity index (χ4n) is 3.72. The number of rotatable bonds is 2. The van der Waals surface area contributed by atoms with Gasteiger partial charge in [-0.2, -0.15) is 0 Å². The first-order valence-corrected chi connectivity index (χ1v) is 8.75. The van der Waals surface area contributed by atoms with Crippen molar-refractivity contribution in [3.05, 3.63) is 108 Å². The van der Waals surface area contributed by atoms with Crippen LogP contribution in [0.3, 0.4) is 0 Å². The molecular formula is C25H16O. The highest BCUT2D eigenvalue weighted by molar-refractivity contribution is 6.22. The minimum atomic E-state index is 0.122. The lowest BCUT2D eigenvalue weighted by atomic mass is 9.96. The van der Waals surface area contributed by atoms with Crippen molar-refractivity contribution in [2.24, 2.45) is 0 Å². The molecule has 0 aliphatic heterocycles. The molecule has 1 nitrogen and oxygen atoms in total. The van der Waals surface area contributed by atoms with Crippen LogP contribution in [-0.4, -0.2) is 5.78 Å². The molecule has 4 aromatic carbocycles. The molecule has 5 rings (SSSR count). The molecule has 1 aliphatic rings. The first-order valence-electron chi connectivity index (χ1n) is 8.75. The van der Waals surface area contributed by atoms with E-state index in [4.69, 9.17) is 0 Å². The molecule has 0 spiro atoms. The topological polar surface area (TPSA) is 17.1 Å². The molecule has 0 unspecified atom stereocenters. The summed E-state index contributed by atoms with van der Waals surface area (Å²) < 4.78 is 0.